The van der Waals surface area contributed by atoms with E-state index in [0.29, 0.717) is 16.7 Å². The monoisotopic (exact) mass is 262 g/mol. The van der Waals surface area contributed by atoms with Crippen LogP contribution < -0.4 is 16.0 Å². The van der Waals surface area contributed by atoms with Crippen molar-refractivity contribution in [2.75, 3.05) is 7.11 Å². The third-order valence-corrected chi connectivity index (χ3v) is 2.93. The number of nitrogens with zero attached hydrogens (tertiary/aromatic N) is 2. The molecule has 0 bridgehead atoms. The first kappa shape index (κ1) is 13.1. The minimum absolute atomic E-state index is 0.224. The molecular formula is C13H14N2O4. The Morgan fingerprint density at radius 2 is 2.00 bits per heavy atom. The number of rotatable bonds is 3. The number of methoxy groups -OCH3 is 1. The molecule has 19 heavy (non-hydrogen) atoms. The van der Waals surface area contributed by atoms with Crippen molar-refractivity contribution in [1.29, 1.82) is 0 Å². The highest BCUT2D eigenvalue weighted by atomic mass is 16.5. The van der Waals surface area contributed by atoms with Gasteiger partial charge in [0, 0.05) is 7.05 Å². The molecule has 1 aromatic heterocycles. The molecule has 2 aromatic rings. The first-order valence-corrected chi connectivity index (χ1v) is 5.73. The van der Waals surface area contributed by atoms with E-state index in [1.807, 2.05) is 0 Å². The van der Waals surface area contributed by atoms with E-state index in [9.17, 15) is 14.4 Å². The van der Waals surface area contributed by atoms with Gasteiger partial charge in [-0.15, -0.1) is 0 Å². The van der Waals surface area contributed by atoms with E-state index in [2.05, 4.69) is 0 Å². The maximum Gasteiger partial charge on any atom is 0.331 e. The molecule has 0 amide bonds. The van der Waals surface area contributed by atoms with E-state index in [1.54, 1.807) is 25.2 Å². The zero-order valence-electron chi connectivity index (χ0n) is 11.0. The van der Waals surface area contributed by atoms with Gasteiger partial charge in [0.25, 0.3) is 5.56 Å². The zero-order valence-corrected chi connectivity index (χ0v) is 11.0. The molecule has 1 aromatic carbocycles. The quantitative estimate of drug-likeness (QED) is 0.797. The van der Waals surface area contributed by atoms with Crippen LogP contribution in [0.15, 0.2) is 27.8 Å². The maximum atomic E-state index is 12.2. The van der Waals surface area contributed by atoms with Gasteiger partial charge in [0.05, 0.1) is 19.0 Å². The van der Waals surface area contributed by atoms with Crippen molar-refractivity contribution in [2.45, 2.75) is 13.5 Å². The summed E-state index contributed by atoms with van der Waals surface area (Å²) < 4.78 is 7.42. The van der Waals surface area contributed by atoms with E-state index in [0.717, 1.165) is 4.57 Å². The van der Waals surface area contributed by atoms with Crippen LogP contribution in [0, 0.1) is 0 Å². The second-order valence-corrected chi connectivity index (χ2v) is 4.29. The third kappa shape index (κ3) is 2.05. The molecule has 0 aliphatic heterocycles. The van der Waals surface area contributed by atoms with Crippen LogP contribution in [-0.2, 0) is 18.4 Å². The topological polar surface area (TPSA) is 70.3 Å². The van der Waals surface area contributed by atoms with Gasteiger partial charge in [-0.2, -0.15) is 0 Å². The van der Waals surface area contributed by atoms with E-state index in [-0.39, 0.29) is 12.3 Å². The second kappa shape index (κ2) is 4.72. The Balaban J connectivity index is 2.96. The van der Waals surface area contributed by atoms with Crippen molar-refractivity contribution in [1.82, 2.24) is 9.13 Å². The lowest BCUT2D eigenvalue weighted by Gasteiger charge is -2.12. The summed E-state index contributed by atoms with van der Waals surface area (Å²) in [5.41, 5.74) is -0.579. The van der Waals surface area contributed by atoms with Crippen molar-refractivity contribution in [3.05, 3.63) is 39.0 Å². The summed E-state index contributed by atoms with van der Waals surface area (Å²) >= 11 is 0. The molecule has 1 heterocycles. The van der Waals surface area contributed by atoms with Crippen molar-refractivity contribution >= 4 is 16.7 Å². The molecule has 6 heteroatoms. The van der Waals surface area contributed by atoms with Crippen LogP contribution in [0.4, 0.5) is 0 Å². The highest BCUT2D eigenvalue weighted by Crippen LogP contribution is 2.20. The molecule has 100 valence electrons. The van der Waals surface area contributed by atoms with Crippen molar-refractivity contribution in [3.63, 3.8) is 0 Å². The van der Waals surface area contributed by atoms with Gasteiger partial charge in [0.1, 0.15) is 17.0 Å². The number of carbonyl (C=O) groups is 1. The number of hydrogen-bond acceptors (Lipinski definition) is 4. The molecule has 0 radical (unpaired) electrons. The summed E-state index contributed by atoms with van der Waals surface area (Å²) in [4.78, 5) is 35.5. The first-order chi connectivity index (χ1) is 8.97. The molecule has 0 saturated carbocycles. The van der Waals surface area contributed by atoms with Crippen molar-refractivity contribution < 1.29 is 9.53 Å². The number of aryl methyl sites for hydroxylation is 1. The minimum Gasteiger partial charge on any atom is -0.495 e. The molecule has 0 spiro atoms. The van der Waals surface area contributed by atoms with E-state index >= 15 is 0 Å². The average Bonchev–Trinajstić information content (AvgIpc) is 2.40. The smallest absolute Gasteiger partial charge is 0.331 e. The zero-order chi connectivity index (χ0) is 14.2. The lowest BCUT2D eigenvalue weighted by Crippen LogP contribution is -2.40. The van der Waals surface area contributed by atoms with Gasteiger partial charge in [-0.05, 0) is 19.1 Å². The Hall–Kier alpha value is -2.37. The summed E-state index contributed by atoms with van der Waals surface area (Å²) in [7, 11) is 3.02. The third-order valence-electron chi connectivity index (χ3n) is 2.93. The molecule has 6 nitrogen and oxygen atoms in total. The number of fused-ring (bicyclic) bond motifs is 1. The number of Topliss-reactive ketones (excluding diaryl/α,β-unsaturated/α-hetero) is 1. The van der Waals surface area contributed by atoms with Crippen LogP contribution in [0.5, 0.6) is 5.75 Å². The van der Waals surface area contributed by atoms with Crippen LogP contribution in [0.1, 0.15) is 6.92 Å². The highest BCUT2D eigenvalue weighted by Gasteiger charge is 2.14. The van der Waals surface area contributed by atoms with Gasteiger partial charge in [0.15, 0.2) is 0 Å². The van der Waals surface area contributed by atoms with Crippen molar-refractivity contribution in [3.8, 4) is 5.75 Å². The molecule has 0 aliphatic carbocycles. The Bertz CT molecular complexity index is 771. The first-order valence-electron chi connectivity index (χ1n) is 5.73. The van der Waals surface area contributed by atoms with Gasteiger partial charge in [-0.25, -0.2) is 4.79 Å². The number of benzene rings is 1. The number of ether oxygens (including phenoxy) is 1. The fourth-order valence-corrected chi connectivity index (χ4v) is 2.08. The predicted molar refractivity (Wildman–Crippen MR) is 70.7 cm³/mol. The average molecular weight is 262 g/mol. The standard InChI is InChI=1S/C13H14N2O4/c1-8(16)7-15-12(17)9-5-4-6-10(19-3)11(9)14(2)13(15)18/h4-6H,7H2,1-3H3. The summed E-state index contributed by atoms with van der Waals surface area (Å²) in [6.07, 6.45) is 0. The van der Waals surface area contributed by atoms with Crippen LogP contribution in [0.3, 0.4) is 0 Å². The summed E-state index contributed by atoms with van der Waals surface area (Å²) in [6.45, 7) is 1.11. The number of carbonyl (C=O) groups excluding carboxylic acids is 1. The summed E-state index contributed by atoms with van der Waals surface area (Å²) in [5, 5.41) is 0.350. The predicted octanol–water partition coefficient (Wildman–Crippen LogP) is 0.298. The Morgan fingerprint density at radius 1 is 1.32 bits per heavy atom. The van der Waals surface area contributed by atoms with Crippen LogP contribution in [0.25, 0.3) is 10.9 Å². The van der Waals surface area contributed by atoms with Gasteiger partial charge >= 0.3 is 5.69 Å². The highest BCUT2D eigenvalue weighted by molar-refractivity contribution is 5.84. The fraction of sp³-hybridized carbons (Fsp3) is 0.308. The molecule has 0 atom stereocenters. The summed E-state index contributed by atoms with van der Waals surface area (Å²) in [5.74, 6) is 0.200. The van der Waals surface area contributed by atoms with Gasteiger partial charge in [0.2, 0.25) is 0 Å². The second-order valence-electron chi connectivity index (χ2n) is 4.29. The van der Waals surface area contributed by atoms with E-state index in [4.69, 9.17) is 4.74 Å². The lowest BCUT2D eigenvalue weighted by molar-refractivity contribution is -0.117. The molecule has 0 N–H and O–H groups in total. The largest absolute Gasteiger partial charge is 0.495 e. The van der Waals surface area contributed by atoms with Crippen LogP contribution in [0.2, 0.25) is 0 Å². The lowest BCUT2D eigenvalue weighted by atomic mass is 10.2. The minimum atomic E-state index is -0.530. The molecule has 0 fully saturated rings. The maximum absolute atomic E-state index is 12.2. The normalized spacial score (nSPS) is 10.7. The van der Waals surface area contributed by atoms with Gasteiger partial charge < -0.3 is 4.74 Å². The molecule has 2 rings (SSSR count). The van der Waals surface area contributed by atoms with Gasteiger partial charge in [-0.1, -0.05) is 6.07 Å². The van der Waals surface area contributed by atoms with E-state index in [1.165, 1.54) is 18.6 Å². The molecule has 0 aliphatic rings. The Morgan fingerprint density at radius 3 is 2.58 bits per heavy atom. The molecule has 0 saturated heterocycles. The van der Waals surface area contributed by atoms with E-state index < -0.39 is 11.2 Å². The SMILES string of the molecule is COc1cccc2c(=O)n(CC(C)=O)c(=O)n(C)c12. The van der Waals surface area contributed by atoms with Crippen molar-refractivity contribution in [2.24, 2.45) is 7.05 Å². The summed E-state index contributed by atoms with van der Waals surface area (Å²) in [6, 6.07) is 4.96. The number of ketones is 1. The number of hydrogen-bond donors (Lipinski definition) is 0. The Labute approximate surface area is 108 Å². The fourth-order valence-electron chi connectivity index (χ4n) is 2.08. The number of aromatic nitrogens is 2. The van der Waals surface area contributed by atoms with Crippen LogP contribution >= 0.6 is 0 Å². The molecular weight excluding hydrogens is 248 g/mol. The number of para-hydroxylation sites is 1. The molecule has 0 unspecified atom stereocenters. The van der Waals surface area contributed by atoms with Gasteiger partial charge in [-0.3, -0.25) is 18.7 Å². The Kier molecular flexibility index (Phi) is 3.25. The van der Waals surface area contributed by atoms with Crippen LogP contribution in [-0.4, -0.2) is 22.0 Å².